The van der Waals surface area contributed by atoms with Crippen molar-refractivity contribution in [2.24, 2.45) is 5.92 Å². The van der Waals surface area contributed by atoms with Crippen LogP contribution in [0.25, 0.3) is 0 Å². The number of Topliss-reactive ketones (excluding diaryl/α,β-unsaturated/α-hetero) is 1. The zero-order valence-corrected chi connectivity index (χ0v) is 23.0. The Bertz CT molecular complexity index is 1100. The van der Waals surface area contributed by atoms with E-state index in [2.05, 4.69) is 40.2 Å². The van der Waals surface area contributed by atoms with E-state index in [0.29, 0.717) is 13.0 Å². The van der Waals surface area contributed by atoms with E-state index in [1.807, 2.05) is 32.0 Å². The molecule has 3 atom stereocenters. The Hall–Kier alpha value is -3.61. The second-order valence-electron chi connectivity index (χ2n) is 9.82. The molecule has 1 aromatic carbocycles. The first-order chi connectivity index (χ1) is 18.5. The van der Waals surface area contributed by atoms with E-state index in [9.17, 15) is 19.2 Å². The van der Waals surface area contributed by atoms with Gasteiger partial charge in [-0.05, 0) is 26.2 Å². The first kappa shape index (κ1) is 31.6. The molecular weight excluding hydrogens is 508 g/mol. The van der Waals surface area contributed by atoms with E-state index in [1.54, 1.807) is 6.92 Å². The lowest BCUT2D eigenvalue weighted by atomic mass is 9.93. The number of carbonyl (C=O) groups is 4. The third-order valence-corrected chi connectivity index (χ3v) is 5.72. The SMILES string of the molecule is COC[C@H](NC(=O)c1cc(CO)on1)C(=O)NCC(=O)N[C@@H](CC(C)C)C(=O)[C@@]1(C)CO1.Cc1ccccc1. The van der Waals surface area contributed by atoms with E-state index >= 15 is 0 Å². The second-order valence-corrected chi connectivity index (χ2v) is 9.82. The molecule has 12 nitrogen and oxygen atoms in total. The fraction of sp³-hybridized carbons (Fsp3) is 0.519. The summed E-state index contributed by atoms with van der Waals surface area (Å²) in [6.45, 7) is 6.95. The highest BCUT2D eigenvalue weighted by molar-refractivity contribution is 5.98. The number of aromatic nitrogens is 1. The van der Waals surface area contributed by atoms with Crippen molar-refractivity contribution in [2.75, 3.05) is 26.9 Å². The highest BCUT2D eigenvalue weighted by Gasteiger charge is 2.50. The number of nitrogens with zero attached hydrogens (tertiary/aromatic N) is 1. The molecule has 1 fully saturated rings. The van der Waals surface area contributed by atoms with Gasteiger partial charge in [0.15, 0.2) is 17.2 Å². The van der Waals surface area contributed by atoms with Crippen LogP contribution in [-0.4, -0.2) is 78.3 Å². The van der Waals surface area contributed by atoms with Crippen LogP contribution in [0.2, 0.25) is 0 Å². The number of hydrogen-bond donors (Lipinski definition) is 4. The third-order valence-electron chi connectivity index (χ3n) is 5.72. The van der Waals surface area contributed by atoms with E-state index < -0.39 is 48.6 Å². The first-order valence-corrected chi connectivity index (χ1v) is 12.6. The molecule has 3 rings (SSSR count). The number of methoxy groups -OCH3 is 1. The number of ether oxygens (including phenoxy) is 2. The minimum absolute atomic E-state index is 0.0931. The van der Waals surface area contributed by atoms with E-state index in [4.69, 9.17) is 19.1 Å². The largest absolute Gasteiger partial charge is 0.388 e. The molecular formula is C27H38N4O8. The molecule has 1 saturated heterocycles. The number of aliphatic hydroxyl groups excluding tert-OH is 1. The lowest BCUT2D eigenvalue weighted by molar-refractivity contribution is -0.131. The van der Waals surface area contributed by atoms with Gasteiger partial charge in [-0.15, -0.1) is 0 Å². The maximum atomic E-state index is 12.6. The Morgan fingerprint density at radius 1 is 1.13 bits per heavy atom. The summed E-state index contributed by atoms with van der Waals surface area (Å²) in [4.78, 5) is 49.7. The number of benzene rings is 1. The molecule has 3 amide bonds. The number of amides is 3. The van der Waals surface area contributed by atoms with Crippen molar-refractivity contribution in [1.82, 2.24) is 21.1 Å². The van der Waals surface area contributed by atoms with E-state index in [1.165, 1.54) is 18.7 Å². The van der Waals surface area contributed by atoms with Crippen LogP contribution in [0.1, 0.15) is 49.0 Å². The van der Waals surface area contributed by atoms with Gasteiger partial charge in [0.1, 0.15) is 18.2 Å². The maximum Gasteiger partial charge on any atom is 0.274 e. The fourth-order valence-electron chi connectivity index (χ4n) is 3.47. The minimum atomic E-state index is -1.11. The molecule has 1 aliphatic heterocycles. The fourth-order valence-corrected chi connectivity index (χ4v) is 3.47. The van der Waals surface area contributed by atoms with Crippen LogP contribution in [0.15, 0.2) is 40.9 Å². The molecule has 0 saturated carbocycles. The number of epoxide rings is 1. The molecule has 2 aromatic rings. The Morgan fingerprint density at radius 3 is 2.28 bits per heavy atom. The van der Waals surface area contributed by atoms with Gasteiger partial charge in [-0.2, -0.15) is 0 Å². The van der Waals surface area contributed by atoms with Crippen molar-refractivity contribution in [3.8, 4) is 0 Å². The number of hydrogen-bond acceptors (Lipinski definition) is 9. The number of aliphatic hydroxyl groups is 1. The van der Waals surface area contributed by atoms with Crippen molar-refractivity contribution < 1.29 is 38.3 Å². The van der Waals surface area contributed by atoms with Gasteiger partial charge in [0.25, 0.3) is 5.91 Å². The van der Waals surface area contributed by atoms with Gasteiger partial charge in [0.2, 0.25) is 11.8 Å². The lowest BCUT2D eigenvalue weighted by Gasteiger charge is -2.22. The average Bonchev–Trinajstić information content (AvgIpc) is 3.46. The predicted molar refractivity (Wildman–Crippen MR) is 140 cm³/mol. The summed E-state index contributed by atoms with van der Waals surface area (Å²) >= 11 is 0. The summed E-state index contributed by atoms with van der Waals surface area (Å²) in [7, 11) is 1.35. The van der Waals surface area contributed by atoms with Gasteiger partial charge >= 0.3 is 0 Å². The number of rotatable bonds is 13. The molecule has 39 heavy (non-hydrogen) atoms. The van der Waals surface area contributed by atoms with Crippen molar-refractivity contribution in [3.05, 3.63) is 53.4 Å². The van der Waals surface area contributed by atoms with Crippen molar-refractivity contribution in [2.45, 2.75) is 58.4 Å². The van der Waals surface area contributed by atoms with Crippen LogP contribution < -0.4 is 16.0 Å². The van der Waals surface area contributed by atoms with Gasteiger partial charge in [-0.3, -0.25) is 19.2 Å². The smallest absolute Gasteiger partial charge is 0.274 e. The Balaban J connectivity index is 0.000000658. The molecule has 4 N–H and O–H groups in total. The molecule has 0 bridgehead atoms. The molecule has 1 aliphatic rings. The minimum Gasteiger partial charge on any atom is -0.388 e. The Labute approximate surface area is 227 Å². The number of carbonyl (C=O) groups excluding carboxylic acids is 4. The summed E-state index contributed by atoms with van der Waals surface area (Å²) in [5.74, 6) is -1.87. The summed E-state index contributed by atoms with van der Waals surface area (Å²) in [5.41, 5.74) is 0.329. The highest BCUT2D eigenvalue weighted by Crippen LogP contribution is 2.29. The van der Waals surface area contributed by atoms with Crippen LogP contribution >= 0.6 is 0 Å². The number of aryl methyl sites for hydroxylation is 1. The molecule has 1 aromatic heterocycles. The quantitative estimate of drug-likeness (QED) is 0.266. The van der Waals surface area contributed by atoms with Crippen molar-refractivity contribution in [3.63, 3.8) is 0 Å². The maximum absolute atomic E-state index is 12.6. The molecule has 214 valence electrons. The molecule has 0 radical (unpaired) electrons. The normalized spacial score (nSPS) is 17.3. The van der Waals surface area contributed by atoms with Crippen LogP contribution in [0.5, 0.6) is 0 Å². The molecule has 0 unspecified atom stereocenters. The summed E-state index contributed by atoms with van der Waals surface area (Å²) in [6, 6.07) is 9.66. The van der Waals surface area contributed by atoms with Gasteiger partial charge in [0.05, 0.1) is 25.8 Å². The summed E-state index contributed by atoms with van der Waals surface area (Å²) < 4.78 is 14.9. The van der Waals surface area contributed by atoms with Gasteiger partial charge in [-0.1, -0.05) is 54.9 Å². The van der Waals surface area contributed by atoms with Gasteiger partial charge in [0, 0.05) is 13.2 Å². The topological polar surface area (TPSA) is 172 Å². The van der Waals surface area contributed by atoms with Gasteiger partial charge < -0.3 is 35.1 Å². The van der Waals surface area contributed by atoms with Crippen LogP contribution in [-0.2, 0) is 30.5 Å². The van der Waals surface area contributed by atoms with Crippen LogP contribution in [0.3, 0.4) is 0 Å². The van der Waals surface area contributed by atoms with Crippen LogP contribution in [0.4, 0.5) is 0 Å². The zero-order valence-electron chi connectivity index (χ0n) is 23.0. The summed E-state index contributed by atoms with van der Waals surface area (Å²) in [5, 5.41) is 20.0. The van der Waals surface area contributed by atoms with Crippen molar-refractivity contribution in [1.29, 1.82) is 0 Å². The molecule has 12 heteroatoms. The Kier molecular flexibility index (Phi) is 12.2. The van der Waals surface area contributed by atoms with E-state index in [0.717, 1.165) is 0 Å². The van der Waals surface area contributed by atoms with Crippen LogP contribution in [0, 0.1) is 12.8 Å². The monoisotopic (exact) mass is 546 g/mol. The number of nitrogens with one attached hydrogen (secondary N) is 3. The standard InChI is InChI=1S/C20H30N4O8.C7H8/c1-11(2)5-13(17(27)20(3)10-31-20)22-16(26)7-21-18(28)15(9-30-4)23-19(29)14-6-12(8-25)32-24-14;1-7-5-3-2-4-6-7/h6,11,13,15,25H,5,7-10H2,1-4H3,(H,21,28)(H,22,26)(H,23,29);2-6H,1H3/t13-,15-,20+;/m0./s1. The zero-order chi connectivity index (χ0) is 29.0. The van der Waals surface area contributed by atoms with Gasteiger partial charge in [-0.25, -0.2) is 0 Å². The van der Waals surface area contributed by atoms with Crippen molar-refractivity contribution >= 4 is 23.5 Å². The second kappa shape index (κ2) is 15.1. The highest BCUT2D eigenvalue weighted by atomic mass is 16.6. The third kappa shape index (κ3) is 10.6. The molecule has 0 aliphatic carbocycles. The summed E-state index contributed by atoms with van der Waals surface area (Å²) in [6.07, 6.45) is 0.438. The molecule has 0 spiro atoms. The van der Waals surface area contributed by atoms with E-state index in [-0.39, 0.29) is 29.8 Å². The Morgan fingerprint density at radius 2 is 1.79 bits per heavy atom. The average molecular weight is 547 g/mol. The number of ketones is 1. The molecule has 2 heterocycles. The first-order valence-electron chi connectivity index (χ1n) is 12.6. The predicted octanol–water partition coefficient (Wildman–Crippen LogP) is 0.912. The lowest BCUT2D eigenvalue weighted by Crippen LogP contribution is -2.53.